The Labute approximate surface area is 146 Å². The van der Waals surface area contributed by atoms with Crippen molar-refractivity contribution in [2.24, 2.45) is 0 Å². The minimum Gasteiger partial charge on any atom is -0.353 e. The van der Waals surface area contributed by atoms with Gasteiger partial charge in [0.2, 0.25) is 11.8 Å². The van der Waals surface area contributed by atoms with Crippen LogP contribution in [0.5, 0.6) is 0 Å². The summed E-state index contributed by atoms with van der Waals surface area (Å²) < 4.78 is 0. The van der Waals surface area contributed by atoms with Gasteiger partial charge in [-0.2, -0.15) is 5.10 Å². The van der Waals surface area contributed by atoms with Crippen molar-refractivity contribution in [3.63, 3.8) is 0 Å². The van der Waals surface area contributed by atoms with E-state index in [0.29, 0.717) is 44.6 Å². The molecule has 0 saturated carbocycles. The summed E-state index contributed by atoms with van der Waals surface area (Å²) in [7, 11) is 0. The summed E-state index contributed by atoms with van der Waals surface area (Å²) in [6.07, 6.45) is 4.13. The van der Waals surface area contributed by atoms with E-state index >= 15 is 0 Å². The Balaban J connectivity index is 1.51. The van der Waals surface area contributed by atoms with Crippen molar-refractivity contribution in [3.8, 4) is 0 Å². The van der Waals surface area contributed by atoms with Gasteiger partial charge in [-0.1, -0.05) is 0 Å². The van der Waals surface area contributed by atoms with Crippen molar-refractivity contribution in [1.82, 2.24) is 25.3 Å². The second-order valence-electron chi connectivity index (χ2n) is 6.96. The molecule has 2 saturated heterocycles. The molecule has 1 aromatic rings. The van der Waals surface area contributed by atoms with E-state index in [1.807, 2.05) is 18.7 Å². The number of hydrogen-bond acceptors (Lipinski definition) is 4. The first-order valence-electron chi connectivity index (χ1n) is 8.83. The topological polar surface area (TPSA) is 98.4 Å². The van der Waals surface area contributed by atoms with E-state index < -0.39 is 0 Å². The van der Waals surface area contributed by atoms with Gasteiger partial charge in [-0.3, -0.25) is 19.5 Å². The van der Waals surface area contributed by atoms with Crippen LogP contribution >= 0.6 is 0 Å². The van der Waals surface area contributed by atoms with Crippen molar-refractivity contribution < 1.29 is 14.4 Å². The van der Waals surface area contributed by atoms with Gasteiger partial charge in [0.25, 0.3) is 5.91 Å². The minimum atomic E-state index is -0.0664. The van der Waals surface area contributed by atoms with E-state index in [0.717, 1.165) is 12.0 Å². The maximum atomic E-state index is 12.6. The lowest BCUT2D eigenvalue weighted by molar-refractivity contribution is -0.134. The Bertz CT molecular complexity index is 671. The average molecular weight is 347 g/mol. The van der Waals surface area contributed by atoms with Crippen LogP contribution in [-0.4, -0.2) is 69.4 Å². The molecule has 0 spiro atoms. The molecule has 3 rings (SSSR count). The van der Waals surface area contributed by atoms with E-state index in [1.54, 1.807) is 11.1 Å². The number of nitrogens with one attached hydrogen (secondary N) is 2. The minimum absolute atomic E-state index is 0.0425. The first-order chi connectivity index (χ1) is 12.0. The number of aryl methyl sites for hydroxylation is 1. The molecule has 0 aromatic carbocycles. The molecular formula is C17H25N5O3. The monoisotopic (exact) mass is 347 g/mol. The Morgan fingerprint density at radius 3 is 2.76 bits per heavy atom. The number of aromatic nitrogens is 2. The van der Waals surface area contributed by atoms with E-state index in [9.17, 15) is 14.4 Å². The molecule has 8 nitrogen and oxygen atoms in total. The molecule has 2 aliphatic heterocycles. The summed E-state index contributed by atoms with van der Waals surface area (Å²) in [5, 5.41) is 9.55. The van der Waals surface area contributed by atoms with Crippen LogP contribution in [0.15, 0.2) is 6.20 Å². The molecule has 3 amide bonds. The lowest BCUT2D eigenvalue weighted by Gasteiger charge is -2.40. The van der Waals surface area contributed by atoms with Gasteiger partial charge in [-0.05, 0) is 32.3 Å². The fraction of sp³-hybridized carbons (Fsp3) is 0.647. The van der Waals surface area contributed by atoms with Gasteiger partial charge in [0, 0.05) is 44.6 Å². The summed E-state index contributed by atoms with van der Waals surface area (Å²) in [4.78, 5) is 39.9. The Hall–Kier alpha value is -2.38. The Morgan fingerprint density at radius 1 is 1.36 bits per heavy atom. The number of carbonyl (C=O) groups excluding carboxylic acids is 3. The van der Waals surface area contributed by atoms with Crippen molar-refractivity contribution in [1.29, 1.82) is 0 Å². The predicted molar refractivity (Wildman–Crippen MR) is 90.8 cm³/mol. The second-order valence-corrected chi connectivity index (χ2v) is 6.96. The third-order valence-corrected chi connectivity index (χ3v) is 5.08. The van der Waals surface area contributed by atoms with Gasteiger partial charge >= 0.3 is 0 Å². The molecule has 3 heterocycles. The molecule has 2 atom stereocenters. The molecule has 0 radical (unpaired) electrons. The number of H-pyrrole nitrogens is 1. The fourth-order valence-electron chi connectivity index (χ4n) is 3.54. The van der Waals surface area contributed by atoms with E-state index in [-0.39, 0.29) is 29.8 Å². The Kier molecular flexibility index (Phi) is 5.06. The molecular weight excluding hydrogens is 322 g/mol. The number of rotatable bonds is 4. The molecule has 25 heavy (non-hydrogen) atoms. The predicted octanol–water partition coefficient (Wildman–Crippen LogP) is 0.450. The van der Waals surface area contributed by atoms with Crippen LogP contribution in [-0.2, 0) is 9.59 Å². The first kappa shape index (κ1) is 17.4. The molecule has 1 unspecified atom stereocenters. The van der Waals surface area contributed by atoms with Gasteiger partial charge in [0.15, 0.2) is 0 Å². The highest BCUT2D eigenvalue weighted by molar-refractivity contribution is 5.94. The zero-order chi connectivity index (χ0) is 18.0. The molecule has 136 valence electrons. The lowest BCUT2D eigenvalue weighted by atomic mass is 10.1. The van der Waals surface area contributed by atoms with Gasteiger partial charge in [0.1, 0.15) is 5.69 Å². The maximum absolute atomic E-state index is 12.6. The van der Waals surface area contributed by atoms with E-state index in [1.165, 1.54) is 0 Å². The molecule has 0 aliphatic carbocycles. The van der Waals surface area contributed by atoms with Crippen molar-refractivity contribution in [3.05, 3.63) is 17.5 Å². The van der Waals surface area contributed by atoms with Gasteiger partial charge in [-0.15, -0.1) is 0 Å². The summed E-state index contributed by atoms with van der Waals surface area (Å²) in [5.41, 5.74) is 1.35. The van der Waals surface area contributed by atoms with Gasteiger partial charge in [-0.25, -0.2) is 0 Å². The van der Waals surface area contributed by atoms with Crippen LogP contribution in [0, 0.1) is 6.92 Å². The highest BCUT2D eigenvalue weighted by Crippen LogP contribution is 2.17. The summed E-state index contributed by atoms with van der Waals surface area (Å²) in [6, 6.07) is 0.0826. The van der Waals surface area contributed by atoms with Crippen LogP contribution in [0.1, 0.15) is 48.7 Å². The van der Waals surface area contributed by atoms with Crippen molar-refractivity contribution in [2.75, 3.05) is 19.6 Å². The zero-order valence-corrected chi connectivity index (χ0v) is 14.7. The Morgan fingerprint density at radius 2 is 2.16 bits per heavy atom. The van der Waals surface area contributed by atoms with Crippen LogP contribution in [0.3, 0.4) is 0 Å². The number of nitrogens with zero attached hydrogens (tertiary/aromatic N) is 3. The SMILES string of the molecule is Cc1cn[nH]c1C(=O)N1CCN(C(=O)CCC2CCC(=O)N2)C[C@H]1C. The van der Waals surface area contributed by atoms with Crippen molar-refractivity contribution in [2.45, 2.75) is 51.6 Å². The van der Waals surface area contributed by atoms with Gasteiger partial charge < -0.3 is 15.1 Å². The van der Waals surface area contributed by atoms with E-state index in [4.69, 9.17) is 0 Å². The number of carbonyl (C=O) groups is 3. The largest absolute Gasteiger partial charge is 0.353 e. The van der Waals surface area contributed by atoms with Crippen LogP contribution in [0.4, 0.5) is 0 Å². The number of hydrogen-bond donors (Lipinski definition) is 2. The fourth-order valence-corrected chi connectivity index (χ4v) is 3.54. The van der Waals surface area contributed by atoms with Gasteiger partial charge in [0.05, 0.1) is 6.20 Å². The molecule has 8 heteroatoms. The molecule has 1 aromatic heterocycles. The lowest BCUT2D eigenvalue weighted by Crippen LogP contribution is -2.55. The van der Waals surface area contributed by atoms with Crippen LogP contribution < -0.4 is 5.32 Å². The average Bonchev–Trinajstić information content (AvgIpc) is 3.20. The summed E-state index contributed by atoms with van der Waals surface area (Å²) in [6.45, 7) is 5.40. The smallest absolute Gasteiger partial charge is 0.272 e. The summed E-state index contributed by atoms with van der Waals surface area (Å²) >= 11 is 0. The third kappa shape index (κ3) is 3.83. The maximum Gasteiger partial charge on any atom is 0.272 e. The second kappa shape index (κ2) is 7.25. The zero-order valence-electron chi connectivity index (χ0n) is 14.7. The highest BCUT2D eigenvalue weighted by Gasteiger charge is 2.31. The molecule has 2 fully saturated rings. The first-order valence-corrected chi connectivity index (χ1v) is 8.83. The third-order valence-electron chi connectivity index (χ3n) is 5.08. The molecule has 2 N–H and O–H groups in total. The van der Waals surface area contributed by atoms with Crippen LogP contribution in [0.2, 0.25) is 0 Å². The molecule has 2 aliphatic rings. The number of amides is 3. The summed E-state index contributed by atoms with van der Waals surface area (Å²) in [5.74, 6) is 0.105. The number of piperazine rings is 1. The highest BCUT2D eigenvalue weighted by atomic mass is 16.2. The normalized spacial score (nSPS) is 23.7. The molecule has 0 bridgehead atoms. The van der Waals surface area contributed by atoms with Crippen LogP contribution in [0.25, 0.3) is 0 Å². The quantitative estimate of drug-likeness (QED) is 0.826. The number of aromatic amines is 1. The standard InChI is InChI=1S/C17H25N5O3/c1-11-9-18-20-16(11)17(25)22-8-7-21(10-12(22)2)15(24)6-4-13-3-5-14(23)19-13/h9,12-13H,3-8,10H2,1-2H3,(H,18,20)(H,19,23)/t12-,13?/m1/s1. The van der Waals surface area contributed by atoms with E-state index in [2.05, 4.69) is 15.5 Å². The van der Waals surface area contributed by atoms with Crippen molar-refractivity contribution >= 4 is 17.7 Å².